The van der Waals surface area contributed by atoms with Crippen LogP contribution in [0.4, 0.5) is 16.2 Å². The first-order valence-electron chi connectivity index (χ1n) is 14.1. The second-order valence-electron chi connectivity index (χ2n) is 10.1. The van der Waals surface area contributed by atoms with Gasteiger partial charge < -0.3 is 37.5 Å². The predicted octanol–water partition coefficient (Wildman–Crippen LogP) is 1.92. The molecule has 0 bridgehead atoms. The lowest BCUT2D eigenvalue weighted by atomic mass is 9.97. The van der Waals surface area contributed by atoms with E-state index in [0.29, 0.717) is 12.8 Å². The van der Waals surface area contributed by atoms with Crippen LogP contribution in [0.2, 0.25) is 0 Å². The van der Waals surface area contributed by atoms with Gasteiger partial charge in [-0.25, -0.2) is 4.79 Å². The molecule has 0 radical (unpaired) electrons. The fraction of sp³-hybridized carbons (Fsp3) is 0.414. The van der Waals surface area contributed by atoms with Crippen LogP contribution in [0.3, 0.4) is 0 Å². The molecular weight excluding hydrogens is 572 g/mol. The third-order valence-electron chi connectivity index (χ3n) is 6.66. The number of non-ortho nitro benzene ring substituents is 1. The molecule has 8 N–H and O–H groups in total. The lowest BCUT2D eigenvalue weighted by molar-refractivity contribution is -0.384. The van der Waals surface area contributed by atoms with Gasteiger partial charge in [-0.1, -0.05) is 50.6 Å². The molecule has 44 heavy (non-hydrogen) atoms. The summed E-state index contributed by atoms with van der Waals surface area (Å²) in [6.07, 6.45) is 0.199. The molecule has 0 saturated carbocycles. The third-order valence-corrected chi connectivity index (χ3v) is 6.66. The van der Waals surface area contributed by atoms with Crippen molar-refractivity contribution in [3.63, 3.8) is 0 Å². The second kappa shape index (κ2) is 17.7. The van der Waals surface area contributed by atoms with Gasteiger partial charge >= 0.3 is 6.09 Å². The van der Waals surface area contributed by atoms with Gasteiger partial charge in [-0.2, -0.15) is 0 Å². The highest BCUT2D eigenvalue weighted by Gasteiger charge is 2.31. The maximum absolute atomic E-state index is 13.5. The number of ether oxygens (including phenoxy) is 1. The fourth-order valence-electron chi connectivity index (χ4n) is 3.92. The van der Waals surface area contributed by atoms with Crippen molar-refractivity contribution in [1.82, 2.24) is 16.0 Å². The molecule has 4 atom stereocenters. The minimum atomic E-state index is -1.06. The average molecular weight is 613 g/mol. The molecule has 0 aliphatic carbocycles. The SMILES string of the molecule is CC[C@H](C)[C@H](NC(=O)[C@H](C)NC(=O)OCc1ccccc1)C(=O)N[C@@H](CCCN=C(N)N)C(=O)Nc1ccc([N+](=O)[O-])cc1. The van der Waals surface area contributed by atoms with Crippen LogP contribution < -0.4 is 32.7 Å². The molecule has 0 heterocycles. The third kappa shape index (κ3) is 12.0. The van der Waals surface area contributed by atoms with E-state index in [4.69, 9.17) is 16.2 Å². The van der Waals surface area contributed by atoms with Crippen molar-refractivity contribution in [1.29, 1.82) is 0 Å². The van der Waals surface area contributed by atoms with Crippen LogP contribution in [-0.4, -0.2) is 59.4 Å². The fourth-order valence-corrected chi connectivity index (χ4v) is 3.92. The minimum Gasteiger partial charge on any atom is -0.445 e. The Hall–Kier alpha value is -5.21. The highest BCUT2D eigenvalue weighted by Crippen LogP contribution is 2.16. The molecular formula is C29H40N8O7. The van der Waals surface area contributed by atoms with Crippen LogP contribution in [0, 0.1) is 16.0 Å². The number of carbonyl (C=O) groups excluding carboxylic acids is 4. The van der Waals surface area contributed by atoms with Crippen LogP contribution in [0.5, 0.6) is 0 Å². The molecule has 15 heteroatoms. The first-order chi connectivity index (χ1) is 20.9. The first kappa shape index (κ1) is 35.0. The Labute approximate surface area is 255 Å². The van der Waals surface area contributed by atoms with Crippen LogP contribution in [0.1, 0.15) is 45.6 Å². The van der Waals surface area contributed by atoms with E-state index in [1.165, 1.54) is 31.2 Å². The van der Waals surface area contributed by atoms with Crippen molar-refractivity contribution in [2.45, 2.75) is 64.8 Å². The van der Waals surface area contributed by atoms with E-state index in [0.717, 1.165) is 5.56 Å². The zero-order chi connectivity index (χ0) is 32.6. The summed E-state index contributed by atoms with van der Waals surface area (Å²) in [6.45, 7) is 5.28. The summed E-state index contributed by atoms with van der Waals surface area (Å²) in [5.41, 5.74) is 11.7. The Kier molecular flexibility index (Phi) is 14.1. The Morgan fingerprint density at radius 1 is 0.932 bits per heavy atom. The number of alkyl carbamates (subject to hydrolysis) is 1. The Morgan fingerprint density at radius 3 is 2.18 bits per heavy atom. The maximum atomic E-state index is 13.5. The van der Waals surface area contributed by atoms with E-state index in [-0.39, 0.29) is 42.8 Å². The molecule has 0 unspecified atom stereocenters. The molecule has 0 aromatic heterocycles. The predicted molar refractivity (Wildman–Crippen MR) is 164 cm³/mol. The number of rotatable bonds is 16. The highest BCUT2D eigenvalue weighted by molar-refractivity contribution is 5.99. The van der Waals surface area contributed by atoms with Gasteiger partial charge in [0.25, 0.3) is 5.69 Å². The number of nitrogens with zero attached hydrogens (tertiary/aromatic N) is 2. The largest absolute Gasteiger partial charge is 0.445 e. The van der Waals surface area contributed by atoms with Crippen LogP contribution in [-0.2, 0) is 25.7 Å². The van der Waals surface area contributed by atoms with E-state index in [1.54, 1.807) is 31.2 Å². The standard InChI is InChI=1S/C29H40N8O7/c1-4-18(2)24(36-25(38)19(3)33-29(41)44-17-20-9-6-5-7-10-20)27(40)35-23(11-8-16-32-28(30)31)26(39)34-21-12-14-22(15-13-21)37(42)43/h5-7,9-10,12-15,18-19,23-24H,4,8,11,16-17H2,1-3H3,(H,33,41)(H,34,39)(H,35,40)(H,36,38)(H4,30,31,32)/t18-,19-,23-,24-/m0/s1. The molecule has 4 amide bonds. The van der Waals surface area contributed by atoms with Gasteiger partial charge in [-0.15, -0.1) is 0 Å². The van der Waals surface area contributed by atoms with Gasteiger partial charge in [0.1, 0.15) is 24.7 Å². The van der Waals surface area contributed by atoms with Crippen molar-refractivity contribution < 1.29 is 28.8 Å². The number of amides is 4. The van der Waals surface area contributed by atoms with Crippen molar-refractivity contribution >= 4 is 41.1 Å². The summed E-state index contributed by atoms with van der Waals surface area (Å²) >= 11 is 0. The summed E-state index contributed by atoms with van der Waals surface area (Å²) in [6, 6.07) is 11.1. The lowest BCUT2D eigenvalue weighted by Gasteiger charge is -2.27. The zero-order valence-corrected chi connectivity index (χ0v) is 24.9. The van der Waals surface area contributed by atoms with E-state index in [1.807, 2.05) is 13.0 Å². The highest BCUT2D eigenvalue weighted by atomic mass is 16.6. The quantitative estimate of drug-likeness (QED) is 0.0533. The number of nitro groups is 1. The summed E-state index contributed by atoms with van der Waals surface area (Å²) in [5, 5.41) is 21.4. The van der Waals surface area contributed by atoms with E-state index < -0.39 is 46.9 Å². The van der Waals surface area contributed by atoms with E-state index >= 15 is 0 Å². The van der Waals surface area contributed by atoms with Crippen molar-refractivity contribution in [3.8, 4) is 0 Å². The van der Waals surface area contributed by atoms with Gasteiger partial charge in [-0.05, 0) is 43.4 Å². The van der Waals surface area contributed by atoms with Gasteiger partial charge in [0.15, 0.2) is 5.96 Å². The van der Waals surface area contributed by atoms with Gasteiger partial charge in [0, 0.05) is 24.4 Å². The van der Waals surface area contributed by atoms with Gasteiger partial charge in [0.05, 0.1) is 4.92 Å². The number of anilines is 1. The monoisotopic (exact) mass is 612 g/mol. The number of nitrogens with two attached hydrogens (primary N) is 2. The summed E-state index contributed by atoms with van der Waals surface area (Å²) < 4.78 is 5.17. The summed E-state index contributed by atoms with van der Waals surface area (Å²) in [7, 11) is 0. The second-order valence-corrected chi connectivity index (χ2v) is 10.1. The van der Waals surface area contributed by atoms with Crippen LogP contribution in [0.15, 0.2) is 59.6 Å². The van der Waals surface area contributed by atoms with Gasteiger partial charge in [-0.3, -0.25) is 29.5 Å². The molecule has 0 fully saturated rings. The van der Waals surface area contributed by atoms with Crippen molar-refractivity contribution in [3.05, 3.63) is 70.3 Å². The number of carbonyl (C=O) groups is 4. The molecule has 2 rings (SSSR count). The van der Waals surface area contributed by atoms with Crippen LogP contribution in [0.25, 0.3) is 0 Å². The molecule has 0 saturated heterocycles. The number of guanidine groups is 1. The average Bonchev–Trinajstić information content (AvgIpc) is 3.00. The number of benzene rings is 2. The Balaban J connectivity index is 2.09. The molecule has 0 aliphatic heterocycles. The summed E-state index contributed by atoms with van der Waals surface area (Å²) in [5.74, 6) is -2.27. The zero-order valence-electron chi connectivity index (χ0n) is 24.9. The molecule has 15 nitrogen and oxygen atoms in total. The Bertz CT molecular complexity index is 1300. The minimum absolute atomic E-state index is 0.0193. The number of hydrogen-bond donors (Lipinski definition) is 6. The Morgan fingerprint density at radius 2 is 1.59 bits per heavy atom. The number of nitro benzene ring substituents is 1. The summed E-state index contributed by atoms with van der Waals surface area (Å²) in [4.78, 5) is 66.1. The smallest absolute Gasteiger partial charge is 0.408 e. The lowest BCUT2D eigenvalue weighted by Crippen LogP contribution is -2.57. The van der Waals surface area contributed by atoms with E-state index in [9.17, 15) is 29.3 Å². The normalized spacial score (nSPS) is 13.2. The number of nitrogens with one attached hydrogen (secondary N) is 4. The molecule has 2 aromatic carbocycles. The van der Waals surface area contributed by atoms with Gasteiger partial charge in [0.2, 0.25) is 17.7 Å². The van der Waals surface area contributed by atoms with Crippen LogP contribution >= 0.6 is 0 Å². The molecule has 2 aromatic rings. The van der Waals surface area contributed by atoms with Crippen molar-refractivity contribution in [2.24, 2.45) is 22.4 Å². The molecule has 0 spiro atoms. The topological polar surface area (TPSA) is 233 Å². The molecule has 0 aliphatic rings. The first-order valence-corrected chi connectivity index (χ1v) is 14.1. The number of hydrogen-bond acceptors (Lipinski definition) is 8. The van der Waals surface area contributed by atoms with Crippen molar-refractivity contribution in [2.75, 3.05) is 11.9 Å². The molecule has 238 valence electrons. The maximum Gasteiger partial charge on any atom is 0.408 e. The van der Waals surface area contributed by atoms with E-state index in [2.05, 4.69) is 26.3 Å². The number of aliphatic imine (C=N–C) groups is 1.